The van der Waals surface area contributed by atoms with Crippen LogP contribution in [0.2, 0.25) is 0 Å². The van der Waals surface area contributed by atoms with Gasteiger partial charge in [-0.05, 0) is 18.1 Å². The van der Waals surface area contributed by atoms with Crippen LogP contribution in [0.15, 0.2) is 35.5 Å². The molecule has 5 heteroatoms. The molecule has 2 aromatic rings. The van der Waals surface area contributed by atoms with Gasteiger partial charge in [0.05, 0.1) is 11.4 Å². The van der Waals surface area contributed by atoms with Crippen molar-refractivity contribution in [1.29, 1.82) is 0 Å². The zero-order valence-electron chi connectivity index (χ0n) is 9.77. The summed E-state index contributed by atoms with van der Waals surface area (Å²) < 4.78 is 0. The van der Waals surface area contributed by atoms with E-state index in [9.17, 15) is 0 Å². The molecule has 3 rings (SSSR count). The molecule has 0 saturated heterocycles. The van der Waals surface area contributed by atoms with Crippen LogP contribution in [0.4, 0.5) is 0 Å². The largest absolute Gasteiger partial charge is 0.409 e. The number of amidine groups is 1. The Labute approximate surface area is 104 Å². The lowest BCUT2D eigenvalue weighted by Crippen LogP contribution is -2.24. The third-order valence-corrected chi connectivity index (χ3v) is 3.18. The van der Waals surface area contributed by atoms with Crippen molar-refractivity contribution in [2.45, 2.75) is 6.42 Å². The third kappa shape index (κ3) is 1.60. The first-order chi connectivity index (χ1) is 8.79. The Kier molecular flexibility index (Phi) is 2.44. The molecule has 1 aromatic heterocycles. The number of benzene rings is 1. The first-order valence-electron chi connectivity index (χ1n) is 5.82. The van der Waals surface area contributed by atoms with E-state index < -0.39 is 0 Å². The molecule has 1 aromatic carbocycles. The van der Waals surface area contributed by atoms with E-state index in [4.69, 9.17) is 10.9 Å². The van der Waals surface area contributed by atoms with Crippen LogP contribution in [0.25, 0.3) is 16.6 Å². The molecule has 0 radical (unpaired) electrons. The van der Waals surface area contributed by atoms with E-state index in [2.05, 4.69) is 27.6 Å². The minimum absolute atomic E-state index is 0.0870. The van der Waals surface area contributed by atoms with Crippen molar-refractivity contribution in [3.05, 3.63) is 41.6 Å². The van der Waals surface area contributed by atoms with Crippen LogP contribution in [0.1, 0.15) is 11.3 Å². The molecule has 2 heterocycles. The lowest BCUT2D eigenvalue weighted by Gasteiger charge is -2.17. The van der Waals surface area contributed by atoms with Crippen molar-refractivity contribution >= 4 is 22.4 Å². The molecule has 0 atom stereocenters. The summed E-state index contributed by atoms with van der Waals surface area (Å²) >= 11 is 0. The number of oxime groups is 1. The van der Waals surface area contributed by atoms with Gasteiger partial charge in [-0.15, -0.1) is 0 Å². The Morgan fingerprint density at radius 1 is 1.39 bits per heavy atom. The van der Waals surface area contributed by atoms with Crippen LogP contribution in [0.5, 0.6) is 0 Å². The number of rotatable bonds is 1. The maximum absolute atomic E-state index is 8.63. The fraction of sp³-hybridized carbons (Fsp3) is 0.154. The highest BCUT2D eigenvalue weighted by atomic mass is 16.4. The van der Waals surface area contributed by atoms with Gasteiger partial charge in [-0.25, -0.2) is 0 Å². The Morgan fingerprint density at radius 2 is 2.22 bits per heavy atom. The van der Waals surface area contributed by atoms with Gasteiger partial charge in [-0.1, -0.05) is 23.4 Å². The number of nitrogens with two attached hydrogens (primary N) is 1. The fourth-order valence-corrected chi connectivity index (χ4v) is 2.40. The second kappa shape index (κ2) is 4.10. The minimum atomic E-state index is 0.0870. The fourth-order valence-electron chi connectivity index (χ4n) is 2.40. The Morgan fingerprint density at radius 3 is 3.06 bits per heavy atom. The van der Waals surface area contributed by atoms with Crippen molar-refractivity contribution in [2.75, 3.05) is 6.54 Å². The summed E-state index contributed by atoms with van der Waals surface area (Å²) in [5.74, 6) is 0.0870. The summed E-state index contributed by atoms with van der Waals surface area (Å²) in [7, 11) is 0. The van der Waals surface area contributed by atoms with Crippen molar-refractivity contribution < 1.29 is 5.21 Å². The Hall–Kier alpha value is -2.43. The van der Waals surface area contributed by atoms with Gasteiger partial charge in [0.15, 0.2) is 5.84 Å². The Balaban J connectivity index is 2.19. The van der Waals surface area contributed by atoms with Gasteiger partial charge in [0.25, 0.3) is 0 Å². The van der Waals surface area contributed by atoms with Gasteiger partial charge in [0.2, 0.25) is 0 Å². The number of fused-ring (bicyclic) bond motifs is 3. The smallest absolute Gasteiger partial charge is 0.164 e. The molecule has 1 aliphatic heterocycles. The maximum atomic E-state index is 8.63. The average molecular weight is 242 g/mol. The van der Waals surface area contributed by atoms with Gasteiger partial charge in [-0.2, -0.15) is 0 Å². The molecule has 0 saturated carbocycles. The summed E-state index contributed by atoms with van der Waals surface area (Å²) in [4.78, 5) is 3.37. The SMILES string of the molecule is NC(/C=C1\NCCc2c1[nH]c1ccccc21)=N\O. The second-order valence-electron chi connectivity index (χ2n) is 4.28. The van der Waals surface area contributed by atoms with E-state index in [1.807, 2.05) is 12.1 Å². The molecule has 18 heavy (non-hydrogen) atoms. The van der Waals surface area contributed by atoms with Crippen molar-refractivity contribution in [2.24, 2.45) is 10.9 Å². The molecule has 0 amide bonds. The van der Waals surface area contributed by atoms with E-state index in [1.54, 1.807) is 6.08 Å². The lowest BCUT2D eigenvalue weighted by molar-refractivity contribution is 0.319. The normalized spacial score (nSPS) is 17.8. The number of nitrogens with zero attached hydrogens (tertiary/aromatic N) is 1. The van der Waals surface area contributed by atoms with Gasteiger partial charge in [-0.3, -0.25) is 0 Å². The van der Waals surface area contributed by atoms with Gasteiger partial charge in [0.1, 0.15) is 0 Å². The molecular formula is C13H14N4O. The first-order valence-corrected chi connectivity index (χ1v) is 5.82. The topological polar surface area (TPSA) is 86.4 Å². The molecule has 0 fully saturated rings. The van der Waals surface area contributed by atoms with Crippen molar-refractivity contribution in [3.63, 3.8) is 0 Å². The second-order valence-corrected chi connectivity index (χ2v) is 4.28. The summed E-state index contributed by atoms with van der Waals surface area (Å²) in [6, 6.07) is 8.20. The number of aromatic amines is 1. The average Bonchev–Trinajstić information content (AvgIpc) is 2.78. The van der Waals surface area contributed by atoms with Gasteiger partial charge < -0.3 is 21.2 Å². The third-order valence-electron chi connectivity index (χ3n) is 3.18. The predicted molar refractivity (Wildman–Crippen MR) is 71.4 cm³/mol. The molecule has 5 nitrogen and oxygen atoms in total. The molecule has 0 aliphatic carbocycles. The van der Waals surface area contributed by atoms with Crippen molar-refractivity contribution in [1.82, 2.24) is 10.3 Å². The molecule has 1 aliphatic rings. The number of hydrogen-bond acceptors (Lipinski definition) is 3. The van der Waals surface area contributed by atoms with Crippen LogP contribution < -0.4 is 11.1 Å². The monoisotopic (exact) mass is 242 g/mol. The number of para-hydroxylation sites is 1. The van der Waals surface area contributed by atoms with Crippen LogP contribution in [0.3, 0.4) is 0 Å². The molecule has 0 spiro atoms. The maximum Gasteiger partial charge on any atom is 0.164 e. The molecule has 92 valence electrons. The predicted octanol–water partition coefficient (Wildman–Crippen LogP) is 1.40. The summed E-state index contributed by atoms with van der Waals surface area (Å²) in [5.41, 5.74) is 9.80. The van der Waals surface area contributed by atoms with E-state index in [-0.39, 0.29) is 5.84 Å². The number of hydrogen-bond donors (Lipinski definition) is 4. The minimum Gasteiger partial charge on any atom is -0.409 e. The first kappa shape index (κ1) is 10.7. The van der Waals surface area contributed by atoms with Gasteiger partial charge >= 0.3 is 0 Å². The van der Waals surface area contributed by atoms with E-state index in [0.717, 1.165) is 29.9 Å². The Bertz CT molecular complexity index is 654. The standard InChI is InChI=1S/C13H14N4O/c14-12(17-18)7-11-13-9(5-6-15-11)8-3-1-2-4-10(8)16-13/h1-4,7,15-16,18H,5-6H2,(H2,14,17)/b11-7-. The van der Waals surface area contributed by atoms with Gasteiger partial charge in [0, 0.05) is 23.5 Å². The van der Waals surface area contributed by atoms with E-state index in [1.165, 1.54) is 10.9 Å². The number of nitrogens with one attached hydrogen (secondary N) is 2. The summed E-state index contributed by atoms with van der Waals surface area (Å²) in [6.45, 7) is 0.847. The number of aromatic nitrogens is 1. The van der Waals surface area contributed by atoms with Crippen LogP contribution in [0, 0.1) is 0 Å². The summed E-state index contributed by atoms with van der Waals surface area (Å²) in [5, 5.41) is 16.1. The molecule has 0 unspecified atom stereocenters. The number of H-pyrrole nitrogens is 1. The highest BCUT2D eigenvalue weighted by Crippen LogP contribution is 2.29. The molecular weight excluding hydrogens is 228 g/mol. The quantitative estimate of drug-likeness (QED) is 0.264. The zero-order valence-corrected chi connectivity index (χ0v) is 9.77. The van der Waals surface area contributed by atoms with E-state index in [0.29, 0.717) is 0 Å². The van der Waals surface area contributed by atoms with E-state index >= 15 is 0 Å². The lowest BCUT2D eigenvalue weighted by atomic mass is 10.0. The van der Waals surface area contributed by atoms with Crippen LogP contribution >= 0.6 is 0 Å². The van der Waals surface area contributed by atoms with Crippen LogP contribution in [-0.2, 0) is 6.42 Å². The molecule has 5 N–H and O–H groups in total. The van der Waals surface area contributed by atoms with Crippen molar-refractivity contribution in [3.8, 4) is 0 Å². The summed E-state index contributed by atoms with van der Waals surface area (Å²) in [6.07, 6.45) is 2.60. The molecule has 0 bridgehead atoms. The zero-order chi connectivity index (χ0) is 12.5. The highest BCUT2D eigenvalue weighted by molar-refractivity contribution is 5.99. The highest BCUT2D eigenvalue weighted by Gasteiger charge is 2.18. The van der Waals surface area contributed by atoms with Crippen LogP contribution in [-0.4, -0.2) is 22.6 Å².